The van der Waals surface area contributed by atoms with Gasteiger partial charge in [0.25, 0.3) is 0 Å². The SMILES string of the molecule is CCCCCCCCCCCCCCCC(=O)NCCCCC(NC)C(=O)NCC(=O)O. The van der Waals surface area contributed by atoms with Crippen LogP contribution in [0.4, 0.5) is 0 Å². The predicted molar refractivity (Wildman–Crippen MR) is 131 cm³/mol. The Morgan fingerprint density at radius 1 is 0.719 bits per heavy atom. The van der Waals surface area contributed by atoms with Gasteiger partial charge in [0.15, 0.2) is 0 Å². The van der Waals surface area contributed by atoms with Gasteiger partial charge in [-0.05, 0) is 32.7 Å². The van der Waals surface area contributed by atoms with Crippen LogP contribution in [0, 0.1) is 0 Å². The molecule has 4 N–H and O–H groups in total. The molecule has 0 heterocycles. The highest BCUT2D eigenvalue weighted by atomic mass is 16.4. The lowest BCUT2D eigenvalue weighted by atomic mass is 10.0. The minimum atomic E-state index is -1.06. The first-order valence-corrected chi connectivity index (χ1v) is 12.9. The van der Waals surface area contributed by atoms with Crippen molar-refractivity contribution in [2.75, 3.05) is 20.1 Å². The summed E-state index contributed by atoms with van der Waals surface area (Å²) < 4.78 is 0. The van der Waals surface area contributed by atoms with Crippen LogP contribution >= 0.6 is 0 Å². The van der Waals surface area contributed by atoms with Crippen molar-refractivity contribution in [2.45, 2.75) is 122 Å². The number of carbonyl (C=O) groups excluding carboxylic acids is 2. The summed E-state index contributed by atoms with van der Waals surface area (Å²) in [5, 5.41) is 16.8. The van der Waals surface area contributed by atoms with Crippen LogP contribution in [0.1, 0.15) is 116 Å². The van der Waals surface area contributed by atoms with Gasteiger partial charge in [-0.25, -0.2) is 0 Å². The van der Waals surface area contributed by atoms with E-state index in [-0.39, 0.29) is 18.4 Å². The van der Waals surface area contributed by atoms with Gasteiger partial charge in [-0.1, -0.05) is 84.0 Å². The highest BCUT2D eigenvalue weighted by molar-refractivity contribution is 5.85. The standard InChI is InChI=1S/C25H49N3O4/c1-3-4-5-6-7-8-9-10-11-12-13-14-15-19-23(29)27-20-17-16-18-22(26-2)25(32)28-21-24(30)31/h22,26H,3-21H2,1-2H3,(H,27,29)(H,28,32)(H,30,31). The topological polar surface area (TPSA) is 108 Å². The molecule has 0 rings (SSSR count). The zero-order valence-corrected chi connectivity index (χ0v) is 20.7. The number of hydrogen-bond donors (Lipinski definition) is 4. The highest BCUT2D eigenvalue weighted by Crippen LogP contribution is 2.13. The fourth-order valence-electron chi connectivity index (χ4n) is 3.79. The molecule has 0 aromatic rings. The van der Waals surface area contributed by atoms with Gasteiger partial charge in [-0.2, -0.15) is 0 Å². The molecule has 188 valence electrons. The van der Waals surface area contributed by atoms with Crippen molar-refractivity contribution in [1.82, 2.24) is 16.0 Å². The normalized spacial score (nSPS) is 11.8. The van der Waals surface area contributed by atoms with Crippen molar-refractivity contribution in [2.24, 2.45) is 0 Å². The summed E-state index contributed by atoms with van der Waals surface area (Å²) in [7, 11) is 1.68. The van der Waals surface area contributed by atoms with E-state index in [2.05, 4.69) is 22.9 Å². The van der Waals surface area contributed by atoms with E-state index >= 15 is 0 Å². The first kappa shape index (κ1) is 30.4. The molecule has 0 aliphatic heterocycles. The Kier molecular flexibility index (Phi) is 21.4. The fraction of sp³-hybridized carbons (Fsp3) is 0.880. The molecule has 7 nitrogen and oxygen atoms in total. The van der Waals surface area contributed by atoms with Crippen LogP contribution < -0.4 is 16.0 Å². The third-order valence-corrected chi connectivity index (χ3v) is 5.83. The number of aliphatic carboxylic acids is 1. The number of hydrogen-bond acceptors (Lipinski definition) is 4. The molecule has 32 heavy (non-hydrogen) atoms. The van der Waals surface area contributed by atoms with E-state index in [0.717, 1.165) is 25.7 Å². The van der Waals surface area contributed by atoms with Crippen molar-refractivity contribution in [3.05, 3.63) is 0 Å². The number of nitrogens with one attached hydrogen (secondary N) is 3. The summed E-state index contributed by atoms with van der Waals surface area (Å²) in [6.45, 7) is 2.51. The Morgan fingerprint density at radius 2 is 1.25 bits per heavy atom. The number of amides is 2. The molecular formula is C25H49N3O4. The van der Waals surface area contributed by atoms with E-state index in [1.165, 1.54) is 70.6 Å². The molecule has 0 saturated heterocycles. The molecular weight excluding hydrogens is 406 g/mol. The summed E-state index contributed by atoms with van der Waals surface area (Å²) in [5.74, 6) is -1.25. The lowest BCUT2D eigenvalue weighted by molar-refractivity contribution is -0.138. The van der Waals surface area contributed by atoms with Gasteiger partial charge >= 0.3 is 5.97 Å². The number of carbonyl (C=O) groups is 3. The fourth-order valence-corrected chi connectivity index (χ4v) is 3.79. The summed E-state index contributed by atoms with van der Waals surface area (Å²) in [6, 6.07) is -0.407. The monoisotopic (exact) mass is 455 g/mol. The molecule has 0 aliphatic carbocycles. The van der Waals surface area contributed by atoms with E-state index in [1.807, 2.05) is 0 Å². The second-order valence-corrected chi connectivity index (χ2v) is 8.79. The molecule has 0 fully saturated rings. The zero-order valence-electron chi connectivity index (χ0n) is 20.7. The Labute approximate surface area is 195 Å². The Bertz CT molecular complexity index is 486. The second-order valence-electron chi connectivity index (χ2n) is 8.79. The second kappa shape index (κ2) is 22.6. The third-order valence-electron chi connectivity index (χ3n) is 5.83. The molecule has 1 unspecified atom stereocenters. The van der Waals surface area contributed by atoms with Crippen LogP contribution in [0.3, 0.4) is 0 Å². The average Bonchev–Trinajstić information content (AvgIpc) is 2.77. The van der Waals surface area contributed by atoms with E-state index in [4.69, 9.17) is 5.11 Å². The molecule has 7 heteroatoms. The Morgan fingerprint density at radius 3 is 1.75 bits per heavy atom. The van der Waals surface area contributed by atoms with Crippen molar-refractivity contribution in [1.29, 1.82) is 0 Å². The van der Waals surface area contributed by atoms with Crippen LogP contribution in [-0.2, 0) is 14.4 Å². The van der Waals surface area contributed by atoms with Crippen LogP contribution in [0.25, 0.3) is 0 Å². The van der Waals surface area contributed by atoms with Crippen LogP contribution in [0.5, 0.6) is 0 Å². The van der Waals surface area contributed by atoms with Gasteiger partial charge in [0.05, 0.1) is 6.04 Å². The largest absolute Gasteiger partial charge is 0.480 e. The Hall–Kier alpha value is -1.63. The first-order valence-electron chi connectivity index (χ1n) is 12.9. The smallest absolute Gasteiger partial charge is 0.322 e. The van der Waals surface area contributed by atoms with E-state index in [9.17, 15) is 14.4 Å². The van der Waals surface area contributed by atoms with Crippen molar-refractivity contribution < 1.29 is 19.5 Å². The van der Waals surface area contributed by atoms with Gasteiger partial charge < -0.3 is 21.1 Å². The summed E-state index contributed by atoms with van der Waals surface area (Å²) >= 11 is 0. The maximum absolute atomic E-state index is 11.9. The van der Waals surface area contributed by atoms with E-state index in [1.54, 1.807) is 7.05 Å². The number of carboxylic acid groups (broad SMARTS) is 1. The lowest BCUT2D eigenvalue weighted by Crippen LogP contribution is -2.44. The number of carboxylic acids is 1. The number of likely N-dealkylation sites (N-methyl/N-ethyl adjacent to an activating group) is 1. The molecule has 0 bridgehead atoms. The molecule has 0 aliphatic rings. The van der Waals surface area contributed by atoms with Crippen molar-refractivity contribution >= 4 is 17.8 Å². The number of unbranched alkanes of at least 4 members (excludes halogenated alkanes) is 13. The highest BCUT2D eigenvalue weighted by Gasteiger charge is 2.16. The third kappa shape index (κ3) is 20.3. The quantitative estimate of drug-likeness (QED) is 0.169. The minimum absolute atomic E-state index is 0.109. The molecule has 0 saturated carbocycles. The Balaban J connectivity index is 3.46. The van der Waals surface area contributed by atoms with Gasteiger partial charge in [-0.15, -0.1) is 0 Å². The number of rotatable bonds is 23. The maximum atomic E-state index is 11.9. The molecule has 0 radical (unpaired) electrons. The van der Waals surface area contributed by atoms with Gasteiger partial charge in [0.1, 0.15) is 6.54 Å². The minimum Gasteiger partial charge on any atom is -0.480 e. The molecule has 0 aromatic carbocycles. The summed E-state index contributed by atoms with van der Waals surface area (Å²) in [6.07, 6.45) is 19.7. The van der Waals surface area contributed by atoms with Crippen molar-refractivity contribution in [3.63, 3.8) is 0 Å². The molecule has 1 atom stereocenters. The average molecular weight is 456 g/mol. The molecule has 0 spiro atoms. The van der Waals surface area contributed by atoms with Gasteiger partial charge in [0.2, 0.25) is 11.8 Å². The van der Waals surface area contributed by atoms with Crippen LogP contribution in [-0.4, -0.2) is 49.1 Å². The van der Waals surface area contributed by atoms with Crippen LogP contribution in [0.15, 0.2) is 0 Å². The maximum Gasteiger partial charge on any atom is 0.322 e. The van der Waals surface area contributed by atoms with E-state index in [0.29, 0.717) is 19.4 Å². The molecule has 2 amide bonds. The summed E-state index contributed by atoms with van der Waals surface area (Å²) in [4.78, 5) is 34.3. The predicted octanol–water partition coefficient (Wildman–Crippen LogP) is 4.54. The van der Waals surface area contributed by atoms with Crippen molar-refractivity contribution in [3.8, 4) is 0 Å². The van der Waals surface area contributed by atoms with E-state index < -0.39 is 12.0 Å². The zero-order chi connectivity index (χ0) is 23.9. The summed E-state index contributed by atoms with van der Waals surface area (Å²) in [5.41, 5.74) is 0. The van der Waals surface area contributed by atoms with Gasteiger partial charge in [-0.3, -0.25) is 14.4 Å². The molecule has 0 aromatic heterocycles. The van der Waals surface area contributed by atoms with Crippen LogP contribution in [0.2, 0.25) is 0 Å². The van der Waals surface area contributed by atoms with Gasteiger partial charge in [0, 0.05) is 13.0 Å². The lowest BCUT2D eigenvalue weighted by Gasteiger charge is -2.15. The first-order chi connectivity index (χ1) is 15.5.